The van der Waals surface area contributed by atoms with Gasteiger partial charge in [0.05, 0.1) is 21.9 Å². The summed E-state index contributed by atoms with van der Waals surface area (Å²) in [5.74, 6) is -0.509. The van der Waals surface area contributed by atoms with Gasteiger partial charge in [-0.05, 0) is 37.1 Å². The number of nitro groups is 1. The molecule has 30 heavy (non-hydrogen) atoms. The molecule has 2 aromatic carbocycles. The van der Waals surface area contributed by atoms with Crippen LogP contribution in [0, 0.1) is 10.1 Å². The fourth-order valence-electron chi connectivity index (χ4n) is 3.38. The maximum Gasteiger partial charge on any atom is 0.270 e. The number of hydrogen-bond donors (Lipinski definition) is 2. The molecular weight excluding hydrogens is 408 g/mol. The van der Waals surface area contributed by atoms with Crippen molar-refractivity contribution in [1.29, 1.82) is 0 Å². The van der Waals surface area contributed by atoms with E-state index in [2.05, 4.69) is 14.9 Å². The van der Waals surface area contributed by atoms with E-state index < -0.39 is 14.9 Å². The number of hydrogen-bond acceptors (Lipinski definition) is 6. The Kier molecular flexibility index (Phi) is 6.68. The number of carbonyl (C=O) groups is 1. The van der Waals surface area contributed by atoms with E-state index in [1.807, 2.05) is 0 Å². The SMILES string of the molecule is CNS(=O)(=O)Cc1ccc(CNC(=O)c2cc([N+](=O)[O-])ccc2N2CCCC2)cc1. The van der Waals surface area contributed by atoms with Gasteiger partial charge in [0.25, 0.3) is 11.6 Å². The van der Waals surface area contributed by atoms with Gasteiger partial charge >= 0.3 is 0 Å². The highest BCUT2D eigenvalue weighted by Gasteiger charge is 2.22. The van der Waals surface area contributed by atoms with Crippen LogP contribution in [0.25, 0.3) is 0 Å². The van der Waals surface area contributed by atoms with E-state index in [0.717, 1.165) is 31.5 Å². The number of non-ortho nitro benzene ring substituents is 1. The molecule has 1 aliphatic rings. The van der Waals surface area contributed by atoms with Gasteiger partial charge in [-0.25, -0.2) is 13.1 Å². The number of nitrogens with one attached hydrogen (secondary N) is 2. The Hall–Kier alpha value is -2.98. The van der Waals surface area contributed by atoms with Crippen LogP contribution in [0.5, 0.6) is 0 Å². The molecule has 1 fully saturated rings. The molecule has 0 unspecified atom stereocenters. The van der Waals surface area contributed by atoms with Crippen LogP contribution in [0.3, 0.4) is 0 Å². The fraction of sp³-hybridized carbons (Fsp3) is 0.350. The van der Waals surface area contributed by atoms with Crippen molar-refractivity contribution in [3.63, 3.8) is 0 Å². The van der Waals surface area contributed by atoms with Crippen molar-refractivity contribution in [2.75, 3.05) is 25.0 Å². The van der Waals surface area contributed by atoms with Crippen molar-refractivity contribution >= 4 is 27.3 Å². The Bertz CT molecular complexity index is 1030. The highest BCUT2D eigenvalue weighted by molar-refractivity contribution is 7.88. The van der Waals surface area contributed by atoms with Gasteiger partial charge in [0, 0.05) is 31.8 Å². The van der Waals surface area contributed by atoms with Gasteiger partial charge in [-0.1, -0.05) is 24.3 Å². The standard InChI is InChI=1S/C20H24N4O5S/c1-21-30(28,29)14-16-6-4-15(5-7-16)13-22-20(25)18-12-17(24(26)27)8-9-19(18)23-10-2-3-11-23/h4-9,12,21H,2-3,10-11,13-14H2,1H3,(H,22,25). The minimum atomic E-state index is -3.35. The van der Waals surface area contributed by atoms with E-state index in [1.54, 1.807) is 30.3 Å². The van der Waals surface area contributed by atoms with Gasteiger partial charge in [-0.15, -0.1) is 0 Å². The fourth-order valence-corrected chi connectivity index (χ4v) is 4.15. The molecule has 0 radical (unpaired) electrons. The summed E-state index contributed by atoms with van der Waals surface area (Å²) in [5, 5.41) is 14.0. The lowest BCUT2D eigenvalue weighted by molar-refractivity contribution is -0.384. The summed E-state index contributed by atoms with van der Waals surface area (Å²) in [4.78, 5) is 25.5. The predicted molar refractivity (Wildman–Crippen MR) is 114 cm³/mol. The molecule has 1 heterocycles. The zero-order valence-electron chi connectivity index (χ0n) is 16.6. The van der Waals surface area contributed by atoms with Gasteiger partial charge in [-0.3, -0.25) is 14.9 Å². The molecule has 0 bridgehead atoms. The zero-order chi connectivity index (χ0) is 21.7. The first kappa shape index (κ1) is 21.7. The number of nitrogens with zero attached hydrogens (tertiary/aromatic N) is 2. The van der Waals surface area contributed by atoms with Gasteiger partial charge in [0.1, 0.15) is 0 Å². The summed E-state index contributed by atoms with van der Waals surface area (Å²) in [6.07, 6.45) is 2.04. The summed E-state index contributed by atoms with van der Waals surface area (Å²) in [6, 6.07) is 11.2. The number of nitro benzene ring substituents is 1. The normalized spacial score (nSPS) is 14.0. The molecule has 2 N–H and O–H groups in total. The lowest BCUT2D eigenvalue weighted by atomic mass is 10.1. The first-order valence-corrected chi connectivity index (χ1v) is 11.2. The molecule has 3 rings (SSSR count). The second-order valence-electron chi connectivity index (χ2n) is 7.12. The maximum atomic E-state index is 12.8. The second kappa shape index (κ2) is 9.23. The molecule has 2 aromatic rings. The third-order valence-corrected chi connectivity index (χ3v) is 6.36. The molecule has 0 aromatic heterocycles. The number of carbonyl (C=O) groups excluding carboxylic acids is 1. The monoisotopic (exact) mass is 432 g/mol. The predicted octanol–water partition coefficient (Wildman–Crippen LogP) is 2.17. The highest BCUT2D eigenvalue weighted by atomic mass is 32.2. The van der Waals surface area contributed by atoms with E-state index >= 15 is 0 Å². The summed E-state index contributed by atoms with van der Waals surface area (Å²) in [7, 11) is -1.99. The first-order chi connectivity index (χ1) is 14.3. The van der Waals surface area contributed by atoms with E-state index in [-0.39, 0.29) is 29.5 Å². The maximum absolute atomic E-state index is 12.8. The molecule has 0 saturated carbocycles. The summed E-state index contributed by atoms with van der Waals surface area (Å²) >= 11 is 0. The van der Waals surface area contributed by atoms with Crippen molar-refractivity contribution in [2.45, 2.75) is 25.1 Å². The summed E-state index contributed by atoms with van der Waals surface area (Å²) in [6.45, 7) is 1.85. The number of sulfonamides is 1. The zero-order valence-corrected chi connectivity index (χ0v) is 17.4. The molecule has 0 spiro atoms. The molecule has 0 aliphatic carbocycles. The Morgan fingerprint density at radius 3 is 2.33 bits per heavy atom. The highest BCUT2D eigenvalue weighted by Crippen LogP contribution is 2.28. The smallest absolute Gasteiger partial charge is 0.270 e. The molecule has 0 atom stereocenters. The molecule has 1 saturated heterocycles. The molecule has 1 aliphatic heterocycles. The van der Waals surface area contributed by atoms with Crippen molar-refractivity contribution in [1.82, 2.24) is 10.0 Å². The Morgan fingerprint density at radius 1 is 1.10 bits per heavy atom. The third-order valence-electron chi connectivity index (χ3n) is 5.03. The Morgan fingerprint density at radius 2 is 1.73 bits per heavy atom. The van der Waals surface area contributed by atoms with Crippen LogP contribution in [0.4, 0.5) is 11.4 Å². The van der Waals surface area contributed by atoms with Gasteiger partial charge in [0.15, 0.2) is 0 Å². The van der Waals surface area contributed by atoms with Crippen LogP contribution in [-0.4, -0.2) is 39.4 Å². The number of amides is 1. The van der Waals surface area contributed by atoms with Crippen molar-refractivity contribution in [3.05, 3.63) is 69.3 Å². The van der Waals surface area contributed by atoms with Crippen molar-refractivity contribution < 1.29 is 18.1 Å². The molecular formula is C20H24N4O5S. The number of rotatable bonds is 8. The van der Waals surface area contributed by atoms with Crippen LogP contribution in [0.1, 0.15) is 34.3 Å². The van der Waals surface area contributed by atoms with Crippen LogP contribution < -0.4 is 14.9 Å². The van der Waals surface area contributed by atoms with Gasteiger partial charge in [-0.2, -0.15) is 0 Å². The van der Waals surface area contributed by atoms with Gasteiger partial charge < -0.3 is 10.2 Å². The quantitative estimate of drug-likeness (QED) is 0.487. The van der Waals surface area contributed by atoms with Crippen LogP contribution in [0.15, 0.2) is 42.5 Å². The van der Waals surface area contributed by atoms with E-state index in [0.29, 0.717) is 11.3 Å². The molecule has 160 valence electrons. The summed E-state index contributed by atoms with van der Waals surface area (Å²) < 4.78 is 25.5. The van der Waals surface area contributed by atoms with Crippen LogP contribution >= 0.6 is 0 Å². The largest absolute Gasteiger partial charge is 0.371 e. The Labute approximate surface area is 175 Å². The number of anilines is 1. The van der Waals surface area contributed by atoms with Gasteiger partial charge in [0.2, 0.25) is 10.0 Å². The average molecular weight is 433 g/mol. The number of benzene rings is 2. The average Bonchev–Trinajstić information content (AvgIpc) is 3.27. The molecule has 1 amide bonds. The van der Waals surface area contributed by atoms with Crippen molar-refractivity contribution in [2.24, 2.45) is 0 Å². The van der Waals surface area contributed by atoms with E-state index in [1.165, 1.54) is 19.2 Å². The minimum absolute atomic E-state index is 0.122. The second-order valence-corrected chi connectivity index (χ2v) is 9.04. The van der Waals surface area contributed by atoms with E-state index in [4.69, 9.17) is 0 Å². The van der Waals surface area contributed by atoms with Crippen LogP contribution in [0.2, 0.25) is 0 Å². The lowest BCUT2D eigenvalue weighted by Gasteiger charge is -2.21. The van der Waals surface area contributed by atoms with Crippen molar-refractivity contribution in [3.8, 4) is 0 Å². The molecule has 9 nitrogen and oxygen atoms in total. The topological polar surface area (TPSA) is 122 Å². The lowest BCUT2D eigenvalue weighted by Crippen LogP contribution is -2.27. The first-order valence-electron chi connectivity index (χ1n) is 9.60. The minimum Gasteiger partial charge on any atom is -0.371 e. The van der Waals surface area contributed by atoms with E-state index in [9.17, 15) is 23.3 Å². The Balaban J connectivity index is 1.72. The van der Waals surface area contributed by atoms with Crippen LogP contribution in [-0.2, 0) is 22.3 Å². The third kappa shape index (κ3) is 5.33. The molecule has 10 heteroatoms. The summed E-state index contributed by atoms with van der Waals surface area (Å²) in [5.41, 5.74) is 2.28.